The monoisotopic (exact) mass is 336 g/mol. The molecular formula is C13H21F5O2S. The number of unbranched alkanes of at least 4 members (excludes halogenated alkanes) is 2. The first-order valence-corrected chi connectivity index (χ1v) is 7.84. The second-order valence-corrected chi connectivity index (χ2v) is 5.99. The molecule has 1 atom stereocenters. The molecule has 0 aromatic carbocycles. The van der Waals surface area contributed by atoms with Crippen molar-refractivity contribution in [1.29, 1.82) is 0 Å². The van der Waals surface area contributed by atoms with E-state index in [-0.39, 0.29) is 24.1 Å². The summed E-state index contributed by atoms with van der Waals surface area (Å²) in [6.07, 6.45) is -4.61. The van der Waals surface area contributed by atoms with Gasteiger partial charge in [-0.05, 0) is 25.0 Å². The summed E-state index contributed by atoms with van der Waals surface area (Å²) in [5.41, 5.74) is 0. The van der Waals surface area contributed by atoms with Crippen LogP contribution in [0.4, 0.5) is 22.0 Å². The quantitative estimate of drug-likeness (QED) is 0.325. The summed E-state index contributed by atoms with van der Waals surface area (Å²) in [4.78, 5) is 11.4. The highest BCUT2D eigenvalue weighted by atomic mass is 32.2. The molecule has 0 amide bonds. The molecule has 2 nitrogen and oxygen atoms in total. The van der Waals surface area contributed by atoms with Gasteiger partial charge in [-0.25, -0.2) is 0 Å². The molecule has 1 unspecified atom stereocenters. The van der Waals surface area contributed by atoms with E-state index in [0.717, 1.165) is 6.42 Å². The normalized spacial score (nSPS) is 14.0. The van der Waals surface area contributed by atoms with Crippen LogP contribution in [-0.2, 0) is 9.53 Å². The van der Waals surface area contributed by atoms with E-state index >= 15 is 0 Å². The molecule has 8 heteroatoms. The number of rotatable bonds is 10. The van der Waals surface area contributed by atoms with Gasteiger partial charge in [-0.2, -0.15) is 22.0 Å². The predicted octanol–water partition coefficient (Wildman–Crippen LogP) is 4.82. The topological polar surface area (TPSA) is 26.3 Å². The third-order valence-corrected chi connectivity index (χ3v) is 4.24. The number of thioether (sulfide) groups is 1. The Bertz CT molecular complexity index is 307. The molecule has 0 aliphatic heterocycles. The summed E-state index contributed by atoms with van der Waals surface area (Å²) < 4.78 is 65.7. The van der Waals surface area contributed by atoms with Crippen molar-refractivity contribution in [2.45, 2.75) is 62.8 Å². The smallest absolute Gasteiger partial charge is 0.453 e. The minimum atomic E-state index is -5.47. The molecule has 0 aromatic rings. The molecule has 0 radical (unpaired) electrons. The maximum absolute atomic E-state index is 12.6. The van der Waals surface area contributed by atoms with Crippen molar-refractivity contribution in [2.24, 2.45) is 0 Å². The van der Waals surface area contributed by atoms with Crippen LogP contribution in [0.15, 0.2) is 0 Å². The van der Waals surface area contributed by atoms with E-state index in [4.69, 9.17) is 0 Å². The number of carbonyl (C=O) groups is 1. The molecule has 0 aliphatic rings. The van der Waals surface area contributed by atoms with Crippen LogP contribution in [0.5, 0.6) is 0 Å². The standard InChI is InChI=1S/C13H21F5O2S/c1-3-7-10(11(19)20-2)21-9-6-4-5-8-12(14,15)13(16,17)18/h10H,3-9H2,1-2H3. The van der Waals surface area contributed by atoms with Gasteiger partial charge in [-0.3, -0.25) is 4.79 Å². The molecule has 0 heterocycles. The Morgan fingerprint density at radius 2 is 1.76 bits per heavy atom. The third-order valence-electron chi connectivity index (χ3n) is 2.88. The maximum atomic E-state index is 12.6. The Morgan fingerprint density at radius 3 is 2.24 bits per heavy atom. The summed E-state index contributed by atoms with van der Waals surface area (Å²) in [6.45, 7) is 1.93. The number of hydrogen-bond acceptors (Lipinski definition) is 3. The van der Waals surface area contributed by atoms with Gasteiger partial charge >= 0.3 is 18.1 Å². The first-order chi connectivity index (χ1) is 9.65. The van der Waals surface area contributed by atoms with E-state index in [9.17, 15) is 26.7 Å². The van der Waals surface area contributed by atoms with Crippen LogP contribution in [0, 0.1) is 0 Å². The molecule has 0 aromatic heterocycles. The zero-order valence-electron chi connectivity index (χ0n) is 12.1. The molecule has 0 saturated carbocycles. The van der Waals surface area contributed by atoms with E-state index < -0.39 is 18.5 Å². The molecule has 126 valence electrons. The summed E-state index contributed by atoms with van der Waals surface area (Å²) in [6, 6.07) is 0. The lowest BCUT2D eigenvalue weighted by Crippen LogP contribution is -2.36. The van der Waals surface area contributed by atoms with Crippen LogP contribution in [0.25, 0.3) is 0 Å². The largest absolute Gasteiger partial charge is 0.468 e. The average molecular weight is 336 g/mol. The molecule has 0 fully saturated rings. The first-order valence-electron chi connectivity index (χ1n) is 6.79. The van der Waals surface area contributed by atoms with E-state index in [0.29, 0.717) is 18.6 Å². The number of methoxy groups -OCH3 is 1. The summed E-state index contributed by atoms with van der Waals surface area (Å²) in [5.74, 6) is -4.40. The second-order valence-electron chi connectivity index (χ2n) is 4.68. The van der Waals surface area contributed by atoms with E-state index in [1.54, 1.807) is 0 Å². The van der Waals surface area contributed by atoms with Crippen LogP contribution in [0.3, 0.4) is 0 Å². The van der Waals surface area contributed by atoms with Gasteiger partial charge in [-0.15, -0.1) is 11.8 Å². The molecule has 0 saturated heterocycles. The van der Waals surface area contributed by atoms with Crippen LogP contribution < -0.4 is 0 Å². The van der Waals surface area contributed by atoms with Gasteiger partial charge in [0.25, 0.3) is 0 Å². The molecule has 0 rings (SSSR count). The summed E-state index contributed by atoms with van der Waals surface area (Å²) in [5, 5.41) is -0.295. The minimum absolute atomic E-state index is 0.191. The maximum Gasteiger partial charge on any atom is 0.453 e. The highest BCUT2D eigenvalue weighted by Gasteiger charge is 2.56. The lowest BCUT2D eigenvalue weighted by molar-refractivity contribution is -0.284. The van der Waals surface area contributed by atoms with Crippen molar-refractivity contribution in [3.63, 3.8) is 0 Å². The third kappa shape index (κ3) is 7.87. The first kappa shape index (κ1) is 20.5. The molecule has 21 heavy (non-hydrogen) atoms. The van der Waals surface area contributed by atoms with E-state index in [1.807, 2.05) is 6.92 Å². The van der Waals surface area contributed by atoms with Gasteiger partial charge in [0.2, 0.25) is 0 Å². The zero-order valence-corrected chi connectivity index (χ0v) is 13.0. The van der Waals surface area contributed by atoms with Crippen molar-refractivity contribution in [3.05, 3.63) is 0 Å². The molecule has 0 bridgehead atoms. The lowest BCUT2D eigenvalue weighted by Gasteiger charge is -2.19. The Kier molecular flexibility index (Phi) is 9.24. The van der Waals surface area contributed by atoms with Crippen molar-refractivity contribution >= 4 is 17.7 Å². The Labute approximate surface area is 125 Å². The predicted molar refractivity (Wildman–Crippen MR) is 72.6 cm³/mol. The van der Waals surface area contributed by atoms with Crippen molar-refractivity contribution in [1.82, 2.24) is 0 Å². The molecular weight excluding hydrogens is 315 g/mol. The van der Waals surface area contributed by atoms with Gasteiger partial charge in [0.1, 0.15) is 5.25 Å². The van der Waals surface area contributed by atoms with Gasteiger partial charge in [0.05, 0.1) is 7.11 Å². The summed E-state index contributed by atoms with van der Waals surface area (Å²) >= 11 is 1.36. The van der Waals surface area contributed by atoms with Gasteiger partial charge in [0, 0.05) is 6.42 Å². The number of alkyl halides is 5. The minimum Gasteiger partial charge on any atom is -0.468 e. The zero-order chi connectivity index (χ0) is 16.5. The Morgan fingerprint density at radius 1 is 1.14 bits per heavy atom. The number of halogens is 5. The fourth-order valence-electron chi connectivity index (χ4n) is 1.66. The van der Waals surface area contributed by atoms with Crippen LogP contribution in [0.1, 0.15) is 45.4 Å². The van der Waals surface area contributed by atoms with Gasteiger partial charge in [-0.1, -0.05) is 19.8 Å². The van der Waals surface area contributed by atoms with Gasteiger partial charge in [0.15, 0.2) is 0 Å². The molecule has 0 spiro atoms. The number of hydrogen-bond donors (Lipinski definition) is 0. The highest BCUT2D eigenvalue weighted by molar-refractivity contribution is 8.00. The van der Waals surface area contributed by atoms with Crippen molar-refractivity contribution < 1.29 is 31.5 Å². The average Bonchev–Trinajstić information content (AvgIpc) is 2.39. The van der Waals surface area contributed by atoms with Gasteiger partial charge < -0.3 is 4.74 Å². The fraction of sp³-hybridized carbons (Fsp3) is 0.923. The van der Waals surface area contributed by atoms with E-state index in [1.165, 1.54) is 18.9 Å². The van der Waals surface area contributed by atoms with Crippen LogP contribution in [0.2, 0.25) is 0 Å². The Hall–Kier alpha value is -0.530. The van der Waals surface area contributed by atoms with Crippen molar-refractivity contribution in [3.8, 4) is 0 Å². The summed E-state index contributed by atoms with van der Waals surface area (Å²) in [7, 11) is 1.30. The van der Waals surface area contributed by atoms with E-state index in [2.05, 4.69) is 4.74 Å². The fourth-order valence-corrected chi connectivity index (χ4v) is 2.95. The SMILES string of the molecule is CCCC(SCCCCCC(F)(F)C(F)(F)F)C(=O)OC. The van der Waals surface area contributed by atoms with Crippen molar-refractivity contribution in [2.75, 3.05) is 12.9 Å². The second kappa shape index (κ2) is 9.48. The van der Waals surface area contributed by atoms with Crippen LogP contribution in [-0.4, -0.2) is 36.2 Å². The number of ether oxygens (including phenoxy) is 1. The number of esters is 1. The molecule has 0 N–H and O–H groups in total. The Balaban J connectivity index is 3.88. The lowest BCUT2D eigenvalue weighted by atomic mass is 10.1. The van der Waals surface area contributed by atoms with Crippen LogP contribution >= 0.6 is 11.8 Å². The highest BCUT2D eigenvalue weighted by Crippen LogP contribution is 2.39. The molecule has 0 aliphatic carbocycles. The number of carbonyl (C=O) groups excluding carboxylic acids is 1.